The second-order valence-corrected chi connectivity index (χ2v) is 6.31. The van der Waals surface area contributed by atoms with Crippen molar-refractivity contribution in [2.45, 2.75) is 45.8 Å². The van der Waals surface area contributed by atoms with E-state index >= 15 is 0 Å². The van der Waals surface area contributed by atoms with Gasteiger partial charge in [0.05, 0.1) is 6.61 Å². The van der Waals surface area contributed by atoms with Gasteiger partial charge in [-0.25, -0.2) is 4.79 Å². The fourth-order valence-electron chi connectivity index (χ4n) is 3.47. The molecule has 3 atom stereocenters. The molecule has 2 fully saturated rings. The number of carbonyl (C=O) groups is 1. The van der Waals surface area contributed by atoms with E-state index in [2.05, 4.69) is 25.7 Å². The van der Waals surface area contributed by atoms with Gasteiger partial charge in [-0.15, -0.1) is 0 Å². The van der Waals surface area contributed by atoms with Crippen molar-refractivity contribution in [3.8, 4) is 0 Å². The van der Waals surface area contributed by atoms with E-state index in [-0.39, 0.29) is 0 Å². The van der Waals surface area contributed by atoms with E-state index in [0.29, 0.717) is 30.5 Å². The summed E-state index contributed by atoms with van der Waals surface area (Å²) in [4.78, 5) is 13.3. The number of aliphatic carboxylic acids is 1. The predicted molar refractivity (Wildman–Crippen MR) is 64.9 cm³/mol. The van der Waals surface area contributed by atoms with Gasteiger partial charge < -0.3 is 9.84 Å². The Labute approximate surface area is 103 Å². The summed E-state index contributed by atoms with van der Waals surface area (Å²) in [6.45, 7) is 8.85. The van der Waals surface area contributed by atoms with Gasteiger partial charge in [0.25, 0.3) is 0 Å². The second kappa shape index (κ2) is 4.58. The first kappa shape index (κ1) is 12.8. The fraction of sp³-hybridized carbons (Fsp3) is 0.923. The van der Waals surface area contributed by atoms with Crippen LogP contribution in [0.4, 0.5) is 0 Å². The van der Waals surface area contributed by atoms with Crippen LogP contribution >= 0.6 is 0 Å². The maximum atomic E-state index is 11.0. The Balaban J connectivity index is 2.00. The average Bonchev–Trinajstić information content (AvgIpc) is 2.52. The molecule has 0 radical (unpaired) electrons. The van der Waals surface area contributed by atoms with E-state index in [1.807, 2.05) is 0 Å². The summed E-state index contributed by atoms with van der Waals surface area (Å²) in [5.74, 6) is -0.183. The third kappa shape index (κ3) is 2.80. The van der Waals surface area contributed by atoms with Gasteiger partial charge >= 0.3 is 5.97 Å². The van der Waals surface area contributed by atoms with Gasteiger partial charge in [-0.2, -0.15) is 0 Å². The van der Waals surface area contributed by atoms with Crippen LogP contribution in [0.15, 0.2) is 0 Å². The van der Waals surface area contributed by atoms with Crippen LogP contribution in [0.5, 0.6) is 0 Å². The van der Waals surface area contributed by atoms with Gasteiger partial charge in [0, 0.05) is 19.1 Å². The number of carboxylic acids is 1. The Kier molecular flexibility index (Phi) is 3.46. The summed E-state index contributed by atoms with van der Waals surface area (Å²) in [6, 6.07) is 0.524. The Morgan fingerprint density at radius 1 is 1.41 bits per heavy atom. The topological polar surface area (TPSA) is 49.8 Å². The van der Waals surface area contributed by atoms with Gasteiger partial charge in [0.15, 0.2) is 6.10 Å². The van der Waals surface area contributed by atoms with E-state index in [9.17, 15) is 4.79 Å². The number of rotatable bonds is 2. The molecule has 1 saturated carbocycles. The molecule has 0 aromatic carbocycles. The molecule has 1 heterocycles. The summed E-state index contributed by atoms with van der Waals surface area (Å²) in [5.41, 5.74) is 0.390. The molecule has 4 nitrogen and oxygen atoms in total. The van der Waals surface area contributed by atoms with Crippen molar-refractivity contribution >= 4 is 5.97 Å². The van der Waals surface area contributed by atoms with Crippen LogP contribution in [0, 0.1) is 11.3 Å². The quantitative estimate of drug-likeness (QED) is 0.797. The maximum absolute atomic E-state index is 11.0. The van der Waals surface area contributed by atoms with Crippen molar-refractivity contribution in [2.24, 2.45) is 11.3 Å². The van der Waals surface area contributed by atoms with Crippen LogP contribution in [-0.4, -0.2) is 47.8 Å². The molecular formula is C13H23NO3. The van der Waals surface area contributed by atoms with Crippen LogP contribution < -0.4 is 0 Å². The van der Waals surface area contributed by atoms with E-state index in [4.69, 9.17) is 9.84 Å². The maximum Gasteiger partial charge on any atom is 0.334 e. The molecule has 0 aromatic heterocycles. The van der Waals surface area contributed by atoms with E-state index in [0.717, 1.165) is 6.54 Å². The number of nitrogens with zero attached hydrogens (tertiary/aromatic N) is 1. The van der Waals surface area contributed by atoms with E-state index in [1.165, 1.54) is 12.8 Å². The smallest absolute Gasteiger partial charge is 0.334 e. The number of carboxylic acid groups (broad SMARTS) is 1. The van der Waals surface area contributed by atoms with Crippen molar-refractivity contribution in [2.75, 3.05) is 19.7 Å². The monoisotopic (exact) mass is 241 g/mol. The standard InChI is InChI=1S/C13H23NO3/c1-9-6-13(2,3)7-10(9)14-4-5-17-11(8-14)12(15)16/h9-11H,4-8H2,1-3H3,(H,15,16). The molecule has 0 bridgehead atoms. The molecule has 2 aliphatic rings. The van der Waals surface area contributed by atoms with Crippen LogP contribution in [0.3, 0.4) is 0 Å². The zero-order valence-electron chi connectivity index (χ0n) is 11.0. The Morgan fingerprint density at radius 2 is 2.12 bits per heavy atom. The summed E-state index contributed by atoms with van der Waals surface area (Å²) < 4.78 is 5.28. The largest absolute Gasteiger partial charge is 0.479 e. The third-order valence-electron chi connectivity index (χ3n) is 4.14. The highest BCUT2D eigenvalue weighted by Gasteiger charge is 2.41. The molecule has 0 aromatic rings. The summed E-state index contributed by atoms with van der Waals surface area (Å²) >= 11 is 0. The van der Waals surface area contributed by atoms with Crippen LogP contribution in [0.25, 0.3) is 0 Å². The first-order chi connectivity index (χ1) is 7.89. The lowest BCUT2D eigenvalue weighted by molar-refractivity contribution is -0.157. The average molecular weight is 241 g/mol. The molecule has 17 heavy (non-hydrogen) atoms. The lowest BCUT2D eigenvalue weighted by atomic mass is 9.91. The normalized spacial score (nSPS) is 38.2. The zero-order chi connectivity index (χ0) is 12.6. The lowest BCUT2D eigenvalue weighted by Crippen LogP contribution is -2.51. The van der Waals surface area contributed by atoms with Crippen molar-refractivity contribution < 1.29 is 14.6 Å². The molecule has 0 amide bonds. The predicted octanol–water partition coefficient (Wildman–Crippen LogP) is 1.60. The SMILES string of the molecule is CC1CC(C)(C)CC1N1CCOC(C(=O)O)C1. The third-order valence-corrected chi connectivity index (χ3v) is 4.14. The zero-order valence-corrected chi connectivity index (χ0v) is 11.0. The van der Waals surface area contributed by atoms with E-state index < -0.39 is 12.1 Å². The molecule has 1 aliphatic carbocycles. The van der Waals surface area contributed by atoms with E-state index in [1.54, 1.807) is 0 Å². The minimum atomic E-state index is -0.834. The Morgan fingerprint density at radius 3 is 2.65 bits per heavy atom. The first-order valence-electron chi connectivity index (χ1n) is 6.47. The molecule has 1 aliphatic heterocycles. The molecule has 2 rings (SSSR count). The van der Waals surface area contributed by atoms with Gasteiger partial charge in [0.1, 0.15) is 0 Å². The van der Waals surface area contributed by atoms with Gasteiger partial charge in [-0.05, 0) is 24.2 Å². The van der Waals surface area contributed by atoms with Crippen LogP contribution in [-0.2, 0) is 9.53 Å². The van der Waals surface area contributed by atoms with Crippen molar-refractivity contribution in [3.05, 3.63) is 0 Å². The molecule has 4 heteroatoms. The minimum absolute atomic E-state index is 0.390. The van der Waals surface area contributed by atoms with Gasteiger partial charge in [0.2, 0.25) is 0 Å². The Hall–Kier alpha value is -0.610. The molecule has 1 saturated heterocycles. The van der Waals surface area contributed by atoms with Crippen LogP contribution in [0.1, 0.15) is 33.6 Å². The highest BCUT2D eigenvalue weighted by molar-refractivity contribution is 5.72. The molecule has 1 N–H and O–H groups in total. The molecule has 3 unspecified atom stereocenters. The second-order valence-electron chi connectivity index (χ2n) is 6.31. The summed E-state index contributed by atoms with van der Waals surface area (Å²) in [6.07, 6.45) is 1.76. The number of hydrogen-bond acceptors (Lipinski definition) is 3. The van der Waals surface area contributed by atoms with Crippen molar-refractivity contribution in [1.29, 1.82) is 0 Å². The fourth-order valence-corrected chi connectivity index (χ4v) is 3.47. The molecular weight excluding hydrogens is 218 g/mol. The van der Waals surface area contributed by atoms with Gasteiger partial charge in [-0.1, -0.05) is 20.8 Å². The number of ether oxygens (including phenoxy) is 1. The number of morpholine rings is 1. The highest BCUT2D eigenvalue weighted by atomic mass is 16.5. The minimum Gasteiger partial charge on any atom is -0.479 e. The number of hydrogen-bond donors (Lipinski definition) is 1. The van der Waals surface area contributed by atoms with Crippen molar-refractivity contribution in [1.82, 2.24) is 4.90 Å². The molecule has 98 valence electrons. The highest BCUT2D eigenvalue weighted by Crippen LogP contribution is 2.43. The molecule has 0 spiro atoms. The van der Waals surface area contributed by atoms with Gasteiger partial charge in [-0.3, -0.25) is 4.90 Å². The first-order valence-corrected chi connectivity index (χ1v) is 6.47. The Bertz CT molecular complexity index is 303. The summed E-state index contributed by atoms with van der Waals surface area (Å²) in [5, 5.41) is 9.02. The summed E-state index contributed by atoms with van der Waals surface area (Å²) in [7, 11) is 0. The van der Waals surface area contributed by atoms with Crippen LogP contribution in [0.2, 0.25) is 0 Å². The lowest BCUT2D eigenvalue weighted by Gasteiger charge is -2.37. The van der Waals surface area contributed by atoms with Crippen molar-refractivity contribution in [3.63, 3.8) is 0 Å².